The van der Waals surface area contributed by atoms with E-state index in [4.69, 9.17) is 9.98 Å². The molecule has 0 aliphatic carbocycles. The van der Waals surface area contributed by atoms with E-state index in [0.717, 1.165) is 49.6 Å². The highest BCUT2D eigenvalue weighted by molar-refractivity contribution is 7.21. The third-order valence-electron chi connectivity index (χ3n) is 7.62. The summed E-state index contributed by atoms with van der Waals surface area (Å²) in [4.78, 5) is 10.1. The Labute approximate surface area is 255 Å². The molecule has 1 heterocycles. The van der Waals surface area contributed by atoms with Crippen molar-refractivity contribution >= 4 is 33.5 Å². The first-order valence-corrected chi connectivity index (χ1v) is 15.6. The van der Waals surface area contributed by atoms with Crippen LogP contribution in [0.25, 0.3) is 31.9 Å². The largest absolute Gasteiger partial charge is 0.507 e. The normalized spacial score (nSPS) is 12.6. The maximum absolute atomic E-state index is 11.3. The highest BCUT2D eigenvalue weighted by atomic mass is 32.1. The maximum atomic E-state index is 11.3. The standard InChI is InChI=1S/C38H42N2OS/c1-24(2)20-25-16-18-26(19-17-25)29-13-11-15-33-34(29)40-36(42-33)30-12-9-10-14-32(30)39-23-27-21-28(37(3,4)5)22-31(35(27)41)38(6,7)8/h9-19,21-24,41H,20H2,1-8H3. The van der Waals surface area contributed by atoms with E-state index in [2.05, 4.69) is 116 Å². The van der Waals surface area contributed by atoms with Crippen LogP contribution in [-0.2, 0) is 17.3 Å². The van der Waals surface area contributed by atoms with Crippen molar-refractivity contribution in [2.75, 3.05) is 0 Å². The summed E-state index contributed by atoms with van der Waals surface area (Å²) in [5, 5.41) is 12.2. The fourth-order valence-corrected chi connectivity index (χ4v) is 6.28. The van der Waals surface area contributed by atoms with Gasteiger partial charge in [0.1, 0.15) is 10.8 Å². The lowest BCUT2D eigenvalue weighted by molar-refractivity contribution is 0.444. The van der Waals surface area contributed by atoms with Gasteiger partial charge >= 0.3 is 0 Å². The van der Waals surface area contributed by atoms with Gasteiger partial charge < -0.3 is 5.11 Å². The van der Waals surface area contributed by atoms with Gasteiger partial charge in [-0.25, -0.2) is 4.98 Å². The minimum absolute atomic E-state index is 0.0539. The number of rotatable bonds is 6. The first kappa shape index (κ1) is 29.7. The number of hydrogen-bond donors (Lipinski definition) is 1. The summed E-state index contributed by atoms with van der Waals surface area (Å²) in [6.07, 6.45) is 2.88. The zero-order valence-corrected chi connectivity index (χ0v) is 26.9. The lowest BCUT2D eigenvalue weighted by atomic mass is 9.79. The molecule has 1 aromatic heterocycles. The van der Waals surface area contributed by atoms with E-state index in [0.29, 0.717) is 11.7 Å². The van der Waals surface area contributed by atoms with Gasteiger partial charge in [0.25, 0.3) is 0 Å². The molecule has 0 bridgehead atoms. The van der Waals surface area contributed by atoms with Crippen LogP contribution in [0.1, 0.15) is 77.6 Å². The first-order chi connectivity index (χ1) is 19.8. The topological polar surface area (TPSA) is 45.5 Å². The van der Waals surface area contributed by atoms with Gasteiger partial charge in [0, 0.05) is 28.5 Å². The first-order valence-electron chi connectivity index (χ1n) is 14.8. The Balaban J connectivity index is 1.55. The number of nitrogens with zero attached hydrogens (tertiary/aromatic N) is 2. The van der Waals surface area contributed by atoms with Gasteiger partial charge in [0.15, 0.2) is 0 Å². The Morgan fingerprint density at radius 3 is 2.19 bits per heavy atom. The summed E-state index contributed by atoms with van der Waals surface area (Å²) in [5.41, 5.74) is 9.10. The number of aromatic nitrogens is 1. The van der Waals surface area contributed by atoms with E-state index in [-0.39, 0.29) is 10.8 Å². The van der Waals surface area contributed by atoms with Crippen molar-refractivity contribution in [3.05, 3.63) is 101 Å². The van der Waals surface area contributed by atoms with Crippen LogP contribution in [0.15, 0.2) is 83.9 Å². The average molecular weight is 575 g/mol. The minimum atomic E-state index is -0.195. The van der Waals surface area contributed by atoms with Crippen LogP contribution in [0.2, 0.25) is 0 Å². The molecular weight excluding hydrogens is 532 g/mol. The lowest BCUT2D eigenvalue weighted by Crippen LogP contribution is -2.17. The second-order valence-electron chi connectivity index (χ2n) is 13.7. The number of thiazole rings is 1. The molecule has 0 unspecified atom stereocenters. The predicted molar refractivity (Wildman–Crippen MR) is 182 cm³/mol. The lowest BCUT2D eigenvalue weighted by Gasteiger charge is -2.27. The summed E-state index contributed by atoms with van der Waals surface area (Å²) in [7, 11) is 0. The van der Waals surface area contributed by atoms with Crippen molar-refractivity contribution in [3.8, 4) is 27.4 Å². The number of benzene rings is 4. The van der Waals surface area contributed by atoms with Crippen LogP contribution < -0.4 is 0 Å². The van der Waals surface area contributed by atoms with E-state index in [1.807, 2.05) is 18.2 Å². The third kappa shape index (κ3) is 6.34. The van der Waals surface area contributed by atoms with Crippen molar-refractivity contribution in [2.45, 2.75) is 72.6 Å². The van der Waals surface area contributed by atoms with E-state index in [9.17, 15) is 5.11 Å². The second kappa shape index (κ2) is 11.5. The summed E-state index contributed by atoms with van der Waals surface area (Å²) < 4.78 is 1.15. The summed E-state index contributed by atoms with van der Waals surface area (Å²) in [6.45, 7) is 17.5. The van der Waals surface area contributed by atoms with Gasteiger partial charge in [0.2, 0.25) is 0 Å². The molecule has 0 saturated carbocycles. The predicted octanol–water partition coefficient (Wildman–Crippen LogP) is 10.9. The van der Waals surface area contributed by atoms with Crippen molar-refractivity contribution in [1.82, 2.24) is 4.98 Å². The molecule has 216 valence electrons. The van der Waals surface area contributed by atoms with Crippen LogP contribution in [0.4, 0.5) is 5.69 Å². The maximum Gasteiger partial charge on any atom is 0.128 e. The molecule has 1 N–H and O–H groups in total. The molecule has 0 fully saturated rings. The van der Waals surface area contributed by atoms with Gasteiger partial charge in [-0.05, 0) is 64.1 Å². The van der Waals surface area contributed by atoms with Gasteiger partial charge in [-0.2, -0.15) is 0 Å². The van der Waals surface area contributed by atoms with Gasteiger partial charge in [0.05, 0.1) is 15.9 Å². The molecule has 42 heavy (non-hydrogen) atoms. The molecule has 4 aromatic carbocycles. The van der Waals surface area contributed by atoms with Gasteiger partial charge in [-0.3, -0.25) is 4.99 Å². The summed E-state index contributed by atoms with van der Waals surface area (Å²) >= 11 is 1.69. The van der Waals surface area contributed by atoms with E-state index in [1.165, 1.54) is 16.7 Å². The van der Waals surface area contributed by atoms with Crippen LogP contribution in [0.3, 0.4) is 0 Å². The van der Waals surface area contributed by atoms with Crippen LogP contribution in [-0.4, -0.2) is 16.3 Å². The Morgan fingerprint density at radius 1 is 0.833 bits per heavy atom. The van der Waals surface area contributed by atoms with Crippen LogP contribution in [0, 0.1) is 5.92 Å². The molecule has 5 rings (SSSR count). The molecule has 0 radical (unpaired) electrons. The quantitative estimate of drug-likeness (QED) is 0.205. The van der Waals surface area contributed by atoms with E-state index >= 15 is 0 Å². The number of phenolic OH excluding ortho intramolecular Hbond substituents is 1. The number of para-hydroxylation sites is 2. The Kier molecular flexibility index (Phi) is 8.13. The second-order valence-corrected chi connectivity index (χ2v) is 14.7. The monoisotopic (exact) mass is 574 g/mol. The molecular formula is C38H42N2OS. The zero-order chi connectivity index (χ0) is 30.2. The molecule has 0 amide bonds. The number of hydrogen-bond acceptors (Lipinski definition) is 4. The van der Waals surface area contributed by atoms with Crippen LogP contribution >= 0.6 is 11.3 Å². The van der Waals surface area contributed by atoms with Crippen molar-refractivity contribution in [1.29, 1.82) is 0 Å². The molecule has 3 nitrogen and oxygen atoms in total. The highest BCUT2D eigenvalue weighted by Gasteiger charge is 2.24. The molecule has 0 aliphatic heterocycles. The van der Waals surface area contributed by atoms with Crippen LogP contribution in [0.5, 0.6) is 5.75 Å². The summed E-state index contributed by atoms with van der Waals surface area (Å²) in [5.74, 6) is 0.927. The van der Waals surface area contributed by atoms with Gasteiger partial charge in [-0.1, -0.05) is 110 Å². The fourth-order valence-electron chi connectivity index (χ4n) is 5.25. The summed E-state index contributed by atoms with van der Waals surface area (Å²) in [6, 6.07) is 27.6. The van der Waals surface area contributed by atoms with Crippen molar-refractivity contribution in [3.63, 3.8) is 0 Å². The van der Waals surface area contributed by atoms with E-state index < -0.39 is 0 Å². The zero-order valence-electron chi connectivity index (χ0n) is 26.1. The molecule has 0 spiro atoms. The number of aromatic hydroxyl groups is 1. The van der Waals surface area contributed by atoms with Crippen molar-refractivity contribution in [2.24, 2.45) is 10.9 Å². The fraction of sp³-hybridized carbons (Fsp3) is 0.316. The number of aliphatic imine (C=N–C) groups is 1. The Bertz CT molecular complexity index is 1750. The SMILES string of the molecule is CC(C)Cc1ccc(-c2cccc3sc(-c4ccccc4N=Cc4cc(C(C)(C)C)cc(C(C)(C)C)c4O)nc23)cc1. The highest BCUT2D eigenvalue weighted by Crippen LogP contribution is 2.40. The molecule has 0 atom stereocenters. The number of fused-ring (bicyclic) bond motifs is 1. The smallest absolute Gasteiger partial charge is 0.128 e. The van der Waals surface area contributed by atoms with E-state index in [1.54, 1.807) is 17.6 Å². The third-order valence-corrected chi connectivity index (χ3v) is 8.67. The molecule has 5 aromatic rings. The molecule has 4 heteroatoms. The molecule has 0 saturated heterocycles. The Morgan fingerprint density at radius 2 is 1.52 bits per heavy atom. The van der Waals surface area contributed by atoms with Gasteiger partial charge in [-0.15, -0.1) is 11.3 Å². The number of phenols is 1. The molecule has 0 aliphatic rings. The average Bonchev–Trinajstić information content (AvgIpc) is 3.36. The minimum Gasteiger partial charge on any atom is -0.507 e. The van der Waals surface area contributed by atoms with Crippen molar-refractivity contribution < 1.29 is 5.11 Å². The Hall–Kier alpha value is -3.76.